The topological polar surface area (TPSA) is 72.8 Å². The summed E-state index contributed by atoms with van der Waals surface area (Å²) in [5, 5.41) is 21.2. The fourth-order valence-electron chi connectivity index (χ4n) is 1.48. The van der Waals surface area contributed by atoms with E-state index in [4.69, 9.17) is 5.11 Å². The molecule has 0 aliphatic carbocycles. The molecular weight excluding hydrogens is 244 g/mol. The number of phenols is 2. The summed E-state index contributed by atoms with van der Waals surface area (Å²) in [5.74, 6) is -0.551. The average molecular weight is 264 g/mol. The molecule has 0 atom stereocenters. The molecule has 0 saturated heterocycles. The van der Waals surface area contributed by atoms with Gasteiger partial charge in [-0.2, -0.15) is 0 Å². The molecule has 1 aromatic rings. The Hall–Kier alpha value is -2.01. The minimum Gasteiger partial charge on any atom is -0.504 e. The van der Waals surface area contributed by atoms with Crippen LogP contribution in [0, 0.1) is 0 Å². The third-order valence-electron chi connectivity index (χ3n) is 2.51. The highest BCUT2D eigenvalue weighted by Crippen LogP contribution is 2.25. The zero-order chi connectivity index (χ0) is 14.3. The Labute approximate surface area is 113 Å². The fourth-order valence-corrected chi connectivity index (χ4v) is 1.48. The van der Waals surface area contributed by atoms with Crippen LogP contribution in [0.1, 0.15) is 12.0 Å². The summed E-state index contributed by atoms with van der Waals surface area (Å²) in [6.45, 7) is 1.55. The third-order valence-corrected chi connectivity index (χ3v) is 2.51. The number of carbonyl (C=O) groups is 1. The first-order chi connectivity index (χ1) is 8.99. The van der Waals surface area contributed by atoms with Gasteiger partial charge in [0.1, 0.15) is 0 Å². The number of phenolic OH excluding ortho intramolecular Hbond substituents is 2. The minimum absolute atomic E-state index is 0.175. The van der Waals surface area contributed by atoms with Crippen LogP contribution in [0.4, 0.5) is 0 Å². The lowest BCUT2D eigenvalue weighted by Gasteiger charge is -2.08. The van der Waals surface area contributed by atoms with Crippen molar-refractivity contribution in [3.63, 3.8) is 0 Å². The number of carbonyl (C=O) groups excluding carboxylic acids is 1. The number of benzene rings is 1. The van der Waals surface area contributed by atoms with Gasteiger partial charge in [-0.05, 0) is 50.8 Å². The van der Waals surface area contributed by atoms with Gasteiger partial charge < -0.3 is 20.4 Å². The van der Waals surface area contributed by atoms with Gasteiger partial charge in [-0.25, -0.2) is 0 Å². The predicted octanol–water partition coefficient (Wildman–Crippen LogP) is 1.18. The smallest absolute Gasteiger partial charge is 0.243 e. The van der Waals surface area contributed by atoms with Gasteiger partial charge in [0, 0.05) is 12.6 Å². The van der Waals surface area contributed by atoms with Crippen LogP contribution in [0.3, 0.4) is 0 Å². The number of amides is 1. The lowest BCUT2D eigenvalue weighted by molar-refractivity contribution is -0.116. The molecule has 0 aromatic heterocycles. The first-order valence-corrected chi connectivity index (χ1v) is 6.11. The van der Waals surface area contributed by atoms with Gasteiger partial charge in [-0.1, -0.05) is 6.07 Å². The van der Waals surface area contributed by atoms with Gasteiger partial charge in [0.05, 0.1) is 0 Å². The Morgan fingerprint density at radius 2 is 2.05 bits per heavy atom. The highest BCUT2D eigenvalue weighted by atomic mass is 16.3. The maximum atomic E-state index is 11.5. The molecule has 0 aliphatic heterocycles. The second kappa shape index (κ2) is 7.43. The van der Waals surface area contributed by atoms with Crippen molar-refractivity contribution in [2.24, 2.45) is 0 Å². The molecule has 1 rings (SSSR count). The van der Waals surface area contributed by atoms with E-state index >= 15 is 0 Å². The van der Waals surface area contributed by atoms with Crippen molar-refractivity contribution in [2.75, 3.05) is 27.2 Å². The number of nitrogens with zero attached hydrogens (tertiary/aromatic N) is 1. The summed E-state index contributed by atoms with van der Waals surface area (Å²) in [4.78, 5) is 13.5. The minimum atomic E-state index is -0.200. The van der Waals surface area contributed by atoms with E-state index in [1.165, 1.54) is 18.2 Å². The highest BCUT2D eigenvalue weighted by Gasteiger charge is 1.99. The summed E-state index contributed by atoms with van der Waals surface area (Å²) >= 11 is 0. The molecule has 3 N–H and O–H groups in total. The largest absolute Gasteiger partial charge is 0.504 e. The van der Waals surface area contributed by atoms with Gasteiger partial charge >= 0.3 is 0 Å². The van der Waals surface area contributed by atoms with Crippen LogP contribution < -0.4 is 5.32 Å². The second-order valence-corrected chi connectivity index (χ2v) is 4.53. The molecule has 0 unspecified atom stereocenters. The van der Waals surface area contributed by atoms with E-state index in [0.29, 0.717) is 12.1 Å². The van der Waals surface area contributed by atoms with Gasteiger partial charge in [0.2, 0.25) is 5.91 Å². The summed E-state index contributed by atoms with van der Waals surface area (Å²) in [7, 11) is 3.97. The molecule has 1 amide bonds. The molecule has 104 valence electrons. The highest BCUT2D eigenvalue weighted by molar-refractivity contribution is 5.91. The van der Waals surface area contributed by atoms with E-state index in [1.54, 1.807) is 12.1 Å². The average Bonchev–Trinajstić information content (AvgIpc) is 2.36. The Kier molecular flexibility index (Phi) is 5.89. The quantitative estimate of drug-likeness (QED) is 0.410. The van der Waals surface area contributed by atoms with Crippen LogP contribution in [0.5, 0.6) is 11.5 Å². The van der Waals surface area contributed by atoms with Gasteiger partial charge in [0.25, 0.3) is 0 Å². The van der Waals surface area contributed by atoms with E-state index < -0.39 is 0 Å². The van der Waals surface area contributed by atoms with Crippen molar-refractivity contribution in [2.45, 2.75) is 6.42 Å². The van der Waals surface area contributed by atoms with Crippen molar-refractivity contribution in [1.29, 1.82) is 0 Å². The maximum absolute atomic E-state index is 11.5. The molecule has 0 heterocycles. The lowest BCUT2D eigenvalue weighted by atomic mass is 10.2. The molecular formula is C14H20N2O3. The molecule has 1 aromatic carbocycles. The molecule has 0 aliphatic rings. The number of aromatic hydroxyl groups is 2. The van der Waals surface area contributed by atoms with Gasteiger partial charge in [-0.3, -0.25) is 4.79 Å². The molecule has 0 fully saturated rings. The van der Waals surface area contributed by atoms with Crippen LogP contribution >= 0.6 is 0 Å². The first-order valence-electron chi connectivity index (χ1n) is 6.11. The molecule has 0 radical (unpaired) electrons. The molecule has 19 heavy (non-hydrogen) atoms. The Morgan fingerprint density at radius 3 is 2.68 bits per heavy atom. The zero-order valence-corrected chi connectivity index (χ0v) is 11.3. The molecule has 5 nitrogen and oxygen atoms in total. The van der Waals surface area contributed by atoms with E-state index in [-0.39, 0.29) is 17.4 Å². The van der Waals surface area contributed by atoms with E-state index in [2.05, 4.69) is 10.2 Å². The maximum Gasteiger partial charge on any atom is 0.243 e. The molecule has 0 spiro atoms. The van der Waals surface area contributed by atoms with Crippen molar-refractivity contribution < 1.29 is 15.0 Å². The normalized spacial score (nSPS) is 11.1. The van der Waals surface area contributed by atoms with E-state index in [9.17, 15) is 9.90 Å². The number of hydrogen-bond acceptors (Lipinski definition) is 4. The van der Waals surface area contributed by atoms with E-state index in [0.717, 1.165) is 13.0 Å². The standard InChI is InChI=1S/C14H20N2O3/c1-16(2)9-3-8-15-14(19)7-5-11-4-6-12(17)13(18)10-11/h4-7,10,17-18H,3,8-9H2,1-2H3,(H,15,19)/b7-5+. The number of hydrogen-bond donors (Lipinski definition) is 3. The van der Waals surface area contributed by atoms with E-state index in [1.807, 2.05) is 14.1 Å². The van der Waals surface area contributed by atoms with Crippen molar-refractivity contribution in [3.05, 3.63) is 29.8 Å². The van der Waals surface area contributed by atoms with Crippen LogP contribution in [-0.2, 0) is 4.79 Å². The molecule has 5 heteroatoms. The van der Waals surface area contributed by atoms with Crippen LogP contribution in [0.25, 0.3) is 6.08 Å². The fraction of sp³-hybridized carbons (Fsp3) is 0.357. The van der Waals surface area contributed by atoms with Gasteiger partial charge in [-0.15, -0.1) is 0 Å². The number of rotatable bonds is 6. The SMILES string of the molecule is CN(C)CCCNC(=O)/C=C/c1ccc(O)c(O)c1. The van der Waals surface area contributed by atoms with Crippen molar-refractivity contribution in [1.82, 2.24) is 10.2 Å². The van der Waals surface area contributed by atoms with Crippen molar-refractivity contribution in [3.8, 4) is 11.5 Å². The zero-order valence-electron chi connectivity index (χ0n) is 11.3. The molecule has 0 bridgehead atoms. The second-order valence-electron chi connectivity index (χ2n) is 4.53. The van der Waals surface area contributed by atoms with Crippen LogP contribution in [-0.4, -0.2) is 48.2 Å². The Balaban J connectivity index is 2.39. The lowest BCUT2D eigenvalue weighted by Crippen LogP contribution is -2.25. The third kappa shape index (κ3) is 5.92. The predicted molar refractivity (Wildman–Crippen MR) is 75.0 cm³/mol. The monoisotopic (exact) mass is 264 g/mol. The summed E-state index contributed by atoms with van der Waals surface area (Å²) in [5.41, 5.74) is 0.652. The van der Waals surface area contributed by atoms with Crippen molar-refractivity contribution >= 4 is 12.0 Å². The van der Waals surface area contributed by atoms with Crippen LogP contribution in [0.2, 0.25) is 0 Å². The number of nitrogens with one attached hydrogen (secondary N) is 1. The Morgan fingerprint density at radius 1 is 1.32 bits per heavy atom. The summed E-state index contributed by atoms with van der Waals surface area (Å²) < 4.78 is 0. The van der Waals surface area contributed by atoms with Crippen LogP contribution in [0.15, 0.2) is 24.3 Å². The first kappa shape index (κ1) is 15.0. The van der Waals surface area contributed by atoms with Gasteiger partial charge in [0.15, 0.2) is 11.5 Å². The molecule has 0 saturated carbocycles. The summed E-state index contributed by atoms with van der Waals surface area (Å²) in [6.07, 6.45) is 3.88. The summed E-state index contributed by atoms with van der Waals surface area (Å²) in [6, 6.07) is 4.39. The Bertz CT molecular complexity index is 456.